The van der Waals surface area contributed by atoms with Gasteiger partial charge in [0.05, 0.1) is 22.8 Å². The van der Waals surface area contributed by atoms with E-state index < -0.39 is 11.9 Å². The zero-order valence-electron chi connectivity index (χ0n) is 25.7. The molecule has 5 rings (SSSR count). The van der Waals surface area contributed by atoms with Gasteiger partial charge in [-0.1, -0.05) is 46.2 Å². The number of allylic oxidation sites excluding steroid dienone is 3. The van der Waals surface area contributed by atoms with Crippen molar-refractivity contribution in [2.75, 3.05) is 0 Å². The molecule has 3 aromatic heterocycles. The number of carboxylic acid groups (broad SMARTS) is 2. The molecule has 2 aliphatic rings. The summed E-state index contributed by atoms with van der Waals surface area (Å²) in [4.78, 5) is 43.1. The van der Waals surface area contributed by atoms with Crippen molar-refractivity contribution in [2.45, 2.75) is 70.8 Å². The zero-order valence-corrected chi connectivity index (χ0v) is 28.6. The first-order valence-corrected chi connectivity index (χ1v) is 15.5. The van der Waals surface area contributed by atoms with E-state index in [2.05, 4.69) is 19.6 Å². The smallest absolute Gasteiger partial charge is 0.657 e. The summed E-state index contributed by atoms with van der Waals surface area (Å²) >= 11 is 9.46. The molecule has 8 nitrogen and oxygen atoms in total. The number of nitrogens with zero attached hydrogens (tertiary/aromatic N) is 4. The Morgan fingerprint density at radius 1 is 0.778 bits per heavy atom. The van der Waals surface area contributed by atoms with Gasteiger partial charge in [0.15, 0.2) is 0 Å². The number of rotatable bonds is 8. The zero-order chi connectivity index (χ0) is 32.0. The number of aryl methyl sites for hydroxylation is 3. The van der Waals surface area contributed by atoms with Crippen LogP contribution in [0, 0.1) is 20.8 Å². The maximum atomic E-state index is 11.6. The summed E-state index contributed by atoms with van der Waals surface area (Å²) in [6.07, 6.45) is 0.466. The van der Waals surface area contributed by atoms with Gasteiger partial charge in [0, 0.05) is 18.1 Å². The molecule has 0 radical (unpaired) electrons. The summed E-state index contributed by atoms with van der Waals surface area (Å²) in [7, 11) is 0. The number of aliphatic carboxylic acids is 2. The third-order valence-corrected chi connectivity index (χ3v) is 8.92. The summed E-state index contributed by atoms with van der Waals surface area (Å²) in [5.41, 5.74) is 12.7. The number of hydrogen-bond acceptors (Lipinski definition) is 6. The molecule has 236 valence electrons. The van der Waals surface area contributed by atoms with Crippen molar-refractivity contribution in [3.63, 3.8) is 0 Å². The van der Waals surface area contributed by atoms with E-state index in [-0.39, 0.29) is 53.3 Å². The van der Waals surface area contributed by atoms with E-state index in [1.807, 2.05) is 58.9 Å². The SMILES string of the molecule is [CH2-][C@H](S)C1=C(C)c2cc3[n-]c(cc4nc(cc5[n-]c(cc1n2)c(C)c5[C@H](C)S)C(C)=C4CCC(=O)O)c(CCC(=O)O)c3C.[Fe+2]. The summed E-state index contributed by atoms with van der Waals surface area (Å²) in [5, 5.41) is 18.5. The Kier molecular flexibility index (Phi) is 10.5. The topological polar surface area (TPSA) is 129 Å². The Labute approximate surface area is 284 Å². The van der Waals surface area contributed by atoms with Crippen LogP contribution in [0.1, 0.15) is 90.3 Å². The Morgan fingerprint density at radius 2 is 1.29 bits per heavy atom. The standard InChI is InChI=1S/C34H37N4O4S2.Fe/c1-15-21(7-9-31(39)40)27-14-28-22(8-10-32(41)42)16(2)24(36-28)12-29-34(20(6)44)18(4)26(38-29)13-30-33(19(5)43)17(3)25(37-30)11-23(15)35-27;/h11-14,19-20H,5,7-10H2,1-4,6H3,(H6,35,36,37,38,39,40,41,42,43,44);/q-1;+2/p-2/t19-,20-;/m0./s1. The fraction of sp³-hybridized carbons (Fsp3) is 0.324. The van der Waals surface area contributed by atoms with Crippen LogP contribution < -0.4 is 9.97 Å². The van der Waals surface area contributed by atoms with E-state index in [9.17, 15) is 19.8 Å². The van der Waals surface area contributed by atoms with Crippen molar-refractivity contribution < 1.29 is 36.9 Å². The van der Waals surface area contributed by atoms with Gasteiger partial charge in [-0.25, -0.2) is 22.6 Å². The molecule has 8 bridgehead atoms. The van der Waals surface area contributed by atoms with E-state index in [0.717, 1.165) is 67.0 Å². The third kappa shape index (κ3) is 6.82. The van der Waals surface area contributed by atoms with Gasteiger partial charge < -0.3 is 27.1 Å². The summed E-state index contributed by atoms with van der Waals surface area (Å²) in [6, 6.07) is 7.66. The van der Waals surface area contributed by atoms with Gasteiger partial charge in [-0.05, 0) is 75.3 Å². The molecule has 0 fully saturated rings. The number of fused-ring (bicyclic) bond motifs is 8. The predicted octanol–water partition coefficient (Wildman–Crippen LogP) is 7.05. The average Bonchev–Trinajstić information content (AvgIpc) is 3.59. The maximum Gasteiger partial charge on any atom is 2.00 e. The molecule has 0 unspecified atom stereocenters. The molecule has 2 N–H and O–H groups in total. The van der Waals surface area contributed by atoms with E-state index in [1.54, 1.807) is 0 Å². The first-order chi connectivity index (χ1) is 20.8. The third-order valence-electron chi connectivity index (χ3n) is 8.41. The normalized spacial score (nSPS) is 14.4. The molecule has 0 spiro atoms. The van der Waals surface area contributed by atoms with Crippen LogP contribution in [0.3, 0.4) is 0 Å². The van der Waals surface area contributed by atoms with Gasteiger partial charge in [-0.2, -0.15) is 12.6 Å². The summed E-state index contributed by atoms with van der Waals surface area (Å²) in [5.74, 6) is -1.80. The molecule has 2 atom stereocenters. The first-order valence-electron chi connectivity index (χ1n) is 14.4. The minimum atomic E-state index is -0.902. The summed E-state index contributed by atoms with van der Waals surface area (Å²) < 4.78 is 0. The molecule has 5 heterocycles. The van der Waals surface area contributed by atoms with Crippen LogP contribution in [0.5, 0.6) is 0 Å². The fourth-order valence-corrected chi connectivity index (χ4v) is 6.70. The number of aromatic nitrogens is 4. The average molecular weight is 684 g/mol. The molecule has 11 heteroatoms. The van der Waals surface area contributed by atoms with E-state index in [4.69, 9.17) is 32.6 Å². The molecule has 0 saturated heterocycles. The first kappa shape index (κ1) is 34.6. The van der Waals surface area contributed by atoms with E-state index in [0.29, 0.717) is 22.4 Å². The van der Waals surface area contributed by atoms with Gasteiger partial charge in [-0.15, -0.1) is 22.1 Å². The van der Waals surface area contributed by atoms with Crippen molar-refractivity contribution in [3.8, 4) is 0 Å². The second kappa shape index (κ2) is 13.6. The molecule has 45 heavy (non-hydrogen) atoms. The molecule has 0 amide bonds. The predicted molar refractivity (Wildman–Crippen MR) is 182 cm³/mol. The molecular formula is C34H35FeN4O4S2-. The second-order valence-electron chi connectivity index (χ2n) is 11.4. The largest absolute Gasteiger partial charge is 2.00 e. The Morgan fingerprint density at radius 3 is 1.91 bits per heavy atom. The van der Waals surface area contributed by atoms with Gasteiger partial charge in [0.25, 0.3) is 0 Å². The van der Waals surface area contributed by atoms with Gasteiger partial charge >= 0.3 is 29.0 Å². The number of carboxylic acids is 2. The molecule has 2 aliphatic heterocycles. The Bertz CT molecular complexity index is 1940. The van der Waals surface area contributed by atoms with Crippen molar-refractivity contribution in [1.29, 1.82) is 0 Å². The van der Waals surface area contributed by atoms with Crippen LogP contribution in [0.2, 0.25) is 0 Å². The second-order valence-corrected chi connectivity index (χ2v) is 12.8. The van der Waals surface area contributed by atoms with Crippen molar-refractivity contribution in [1.82, 2.24) is 19.9 Å². The monoisotopic (exact) mass is 683 g/mol. The number of hydrogen-bond donors (Lipinski definition) is 4. The van der Waals surface area contributed by atoms with Crippen molar-refractivity contribution in [3.05, 3.63) is 76.2 Å². The molecule has 3 aromatic rings. The van der Waals surface area contributed by atoms with Crippen LogP contribution >= 0.6 is 25.3 Å². The Balaban J connectivity index is 0.00000461. The molecule has 0 aliphatic carbocycles. The van der Waals surface area contributed by atoms with Crippen LogP contribution in [-0.4, -0.2) is 37.4 Å². The Hall–Kier alpha value is -3.24. The van der Waals surface area contributed by atoms with Crippen molar-refractivity contribution in [2.24, 2.45) is 0 Å². The minimum absolute atomic E-state index is 0. The summed E-state index contributed by atoms with van der Waals surface area (Å²) in [6.45, 7) is 14.1. The van der Waals surface area contributed by atoms with E-state index in [1.165, 1.54) is 0 Å². The quantitative estimate of drug-likeness (QED) is 0.113. The van der Waals surface area contributed by atoms with Gasteiger partial charge in [0.2, 0.25) is 0 Å². The number of carbonyl (C=O) groups is 2. The van der Waals surface area contributed by atoms with Gasteiger partial charge in [0.1, 0.15) is 0 Å². The molecule has 0 aromatic carbocycles. The molecular weight excluding hydrogens is 648 g/mol. The minimum Gasteiger partial charge on any atom is -0.657 e. The van der Waals surface area contributed by atoms with Crippen molar-refractivity contribution >= 4 is 81.6 Å². The van der Waals surface area contributed by atoms with Crippen LogP contribution in [-0.2, 0) is 33.1 Å². The molecule has 0 saturated carbocycles. The maximum absolute atomic E-state index is 11.6. The van der Waals surface area contributed by atoms with Crippen LogP contribution in [0.15, 0.2) is 24.3 Å². The number of thiol groups is 2. The van der Waals surface area contributed by atoms with Gasteiger partial charge in [-0.3, -0.25) is 9.59 Å². The van der Waals surface area contributed by atoms with Crippen LogP contribution in [0.4, 0.5) is 0 Å². The van der Waals surface area contributed by atoms with E-state index >= 15 is 0 Å². The van der Waals surface area contributed by atoms with Crippen LogP contribution in [0.25, 0.3) is 44.4 Å². The fourth-order valence-electron chi connectivity index (χ4n) is 6.05.